The minimum absolute atomic E-state index is 0.00787. The Morgan fingerprint density at radius 3 is 3.00 bits per heavy atom. The fourth-order valence-corrected chi connectivity index (χ4v) is 3.98. The molecule has 0 spiro atoms. The first-order valence-electron chi connectivity index (χ1n) is 8.45. The number of fused-ring (bicyclic) bond motifs is 1. The molecule has 26 heavy (non-hydrogen) atoms. The Balaban J connectivity index is 1.70. The summed E-state index contributed by atoms with van der Waals surface area (Å²) in [6.07, 6.45) is 1.95. The number of thiazole rings is 1. The molecule has 0 unspecified atom stereocenters. The van der Waals surface area contributed by atoms with Crippen LogP contribution in [0.15, 0.2) is 28.8 Å². The maximum Gasteiger partial charge on any atom is 0.282 e. The van der Waals surface area contributed by atoms with E-state index in [2.05, 4.69) is 10.1 Å². The van der Waals surface area contributed by atoms with Crippen LogP contribution in [0.2, 0.25) is 0 Å². The number of aryl methyl sites for hydroxylation is 1. The highest BCUT2D eigenvalue weighted by atomic mass is 32.1. The first kappa shape index (κ1) is 17.0. The molecule has 0 bridgehead atoms. The molecule has 1 aliphatic rings. The van der Waals surface area contributed by atoms with Gasteiger partial charge in [0.2, 0.25) is 0 Å². The average Bonchev–Trinajstić information content (AvgIpc) is 3.38. The second-order valence-electron chi connectivity index (χ2n) is 6.20. The number of carbonyl (C=O) groups excluding carboxylic acids is 1. The van der Waals surface area contributed by atoms with Crippen molar-refractivity contribution in [3.8, 4) is 5.75 Å². The topological polar surface area (TPSA) is 77.7 Å². The van der Waals surface area contributed by atoms with E-state index in [1.165, 1.54) is 11.3 Å². The number of carbonyl (C=O) groups is 1. The summed E-state index contributed by atoms with van der Waals surface area (Å²) in [5.74, 6) is 1.12. The van der Waals surface area contributed by atoms with Crippen LogP contribution in [-0.4, -0.2) is 42.4 Å². The standard InChI is InChI=1S/C18H19N3O4S/c1-11-8-15(20-25-11)17(22)21(10-13-4-3-7-24-13)18-19-14-6-5-12(23-2)9-16(14)26-18/h5-6,8-9,13H,3-4,7,10H2,1-2H3/t13-/m0/s1. The van der Waals surface area contributed by atoms with Gasteiger partial charge in [-0.25, -0.2) is 4.98 Å². The molecule has 0 radical (unpaired) electrons. The maximum atomic E-state index is 13.0. The summed E-state index contributed by atoms with van der Waals surface area (Å²) >= 11 is 1.45. The van der Waals surface area contributed by atoms with Crippen LogP contribution >= 0.6 is 11.3 Å². The van der Waals surface area contributed by atoms with Crippen LogP contribution in [0.25, 0.3) is 10.2 Å². The first-order chi connectivity index (χ1) is 12.6. The number of anilines is 1. The van der Waals surface area contributed by atoms with Gasteiger partial charge in [-0.15, -0.1) is 0 Å². The molecule has 1 aromatic carbocycles. The lowest BCUT2D eigenvalue weighted by Gasteiger charge is -2.21. The van der Waals surface area contributed by atoms with E-state index in [1.807, 2.05) is 18.2 Å². The van der Waals surface area contributed by atoms with Crippen molar-refractivity contribution in [1.29, 1.82) is 0 Å². The molecule has 1 aliphatic heterocycles. The van der Waals surface area contributed by atoms with E-state index in [9.17, 15) is 4.79 Å². The summed E-state index contributed by atoms with van der Waals surface area (Å²) in [4.78, 5) is 19.3. The van der Waals surface area contributed by atoms with Crippen LogP contribution in [0, 0.1) is 6.92 Å². The van der Waals surface area contributed by atoms with Gasteiger partial charge < -0.3 is 14.0 Å². The van der Waals surface area contributed by atoms with Crippen molar-refractivity contribution in [1.82, 2.24) is 10.1 Å². The van der Waals surface area contributed by atoms with E-state index in [1.54, 1.807) is 25.0 Å². The Bertz CT molecular complexity index is 930. The smallest absolute Gasteiger partial charge is 0.282 e. The fraction of sp³-hybridized carbons (Fsp3) is 0.389. The van der Waals surface area contributed by atoms with E-state index in [0.29, 0.717) is 17.4 Å². The Labute approximate surface area is 154 Å². The largest absolute Gasteiger partial charge is 0.497 e. The van der Waals surface area contributed by atoms with Crippen LogP contribution < -0.4 is 9.64 Å². The molecule has 1 amide bonds. The molecule has 2 aromatic heterocycles. The van der Waals surface area contributed by atoms with Crippen LogP contribution in [0.1, 0.15) is 29.1 Å². The third-order valence-corrected chi connectivity index (χ3v) is 5.36. The highest BCUT2D eigenvalue weighted by Gasteiger charge is 2.28. The summed E-state index contributed by atoms with van der Waals surface area (Å²) in [5.41, 5.74) is 1.10. The summed E-state index contributed by atoms with van der Waals surface area (Å²) < 4.78 is 17.0. The minimum atomic E-state index is -0.233. The summed E-state index contributed by atoms with van der Waals surface area (Å²) in [6.45, 7) is 2.94. The van der Waals surface area contributed by atoms with Gasteiger partial charge in [-0.2, -0.15) is 0 Å². The zero-order valence-electron chi connectivity index (χ0n) is 14.6. The van der Waals surface area contributed by atoms with Crippen molar-refractivity contribution in [3.63, 3.8) is 0 Å². The molecular formula is C18H19N3O4S. The predicted octanol–water partition coefficient (Wildman–Crippen LogP) is 3.43. The molecule has 7 nitrogen and oxygen atoms in total. The van der Waals surface area contributed by atoms with Gasteiger partial charge in [0.05, 0.1) is 30.0 Å². The first-order valence-corrected chi connectivity index (χ1v) is 9.27. The number of hydrogen-bond donors (Lipinski definition) is 0. The number of hydrogen-bond acceptors (Lipinski definition) is 7. The van der Waals surface area contributed by atoms with Crippen molar-refractivity contribution < 1.29 is 18.8 Å². The SMILES string of the molecule is COc1ccc2nc(N(C[C@@H]3CCCO3)C(=O)c3cc(C)on3)sc2c1. The average molecular weight is 373 g/mol. The van der Waals surface area contributed by atoms with E-state index >= 15 is 0 Å². The Hall–Kier alpha value is -2.45. The van der Waals surface area contributed by atoms with Gasteiger partial charge in [0.15, 0.2) is 10.8 Å². The second kappa shape index (κ2) is 7.05. The molecule has 1 atom stereocenters. The van der Waals surface area contributed by atoms with Gasteiger partial charge in [-0.05, 0) is 38.0 Å². The predicted molar refractivity (Wildman–Crippen MR) is 98.1 cm³/mol. The number of amides is 1. The number of benzene rings is 1. The van der Waals surface area contributed by atoms with Gasteiger partial charge in [0, 0.05) is 12.7 Å². The van der Waals surface area contributed by atoms with E-state index in [0.717, 1.165) is 35.4 Å². The summed E-state index contributed by atoms with van der Waals surface area (Å²) in [5, 5.41) is 4.49. The van der Waals surface area contributed by atoms with Crippen molar-refractivity contribution in [2.24, 2.45) is 0 Å². The normalized spacial score (nSPS) is 16.9. The molecule has 0 saturated carbocycles. The number of aromatic nitrogens is 2. The molecule has 1 fully saturated rings. The Kier molecular flexibility index (Phi) is 4.60. The monoisotopic (exact) mass is 373 g/mol. The number of ether oxygens (including phenoxy) is 2. The molecular weight excluding hydrogens is 354 g/mol. The molecule has 3 aromatic rings. The highest BCUT2D eigenvalue weighted by molar-refractivity contribution is 7.22. The lowest BCUT2D eigenvalue weighted by molar-refractivity contribution is 0.0910. The van der Waals surface area contributed by atoms with E-state index in [4.69, 9.17) is 14.0 Å². The summed E-state index contributed by atoms with van der Waals surface area (Å²) in [7, 11) is 1.63. The van der Waals surface area contributed by atoms with Gasteiger partial charge in [-0.3, -0.25) is 9.69 Å². The molecule has 136 valence electrons. The van der Waals surface area contributed by atoms with Crippen LogP contribution in [0.4, 0.5) is 5.13 Å². The Morgan fingerprint density at radius 2 is 2.31 bits per heavy atom. The minimum Gasteiger partial charge on any atom is -0.497 e. The van der Waals surface area contributed by atoms with Crippen molar-refractivity contribution in [3.05, 3.63) is 35.7 Å². The third-order valence-electron chi connectivity index (χ3n) is 4.32. The quantitative estimate of drug-likeness (QED) is 0.682. The van der Waals surface area contributed by atoms with E-state index < -0.39 is 0 Å². The summed E-state index contributed by atoms with van der Waals surface area (Å²) in [6, 6.07) is 7.31. The Morgan fingerprint density at radius 1 is 1.42 bits per heavy atom. The van der Waals surface area contributed by atoms with Crippen molar-refractivity contribution in [2.45, 2.75) is 25.9 Å². The molecule has 1 saturated heterocycles. The molecule has 8 heteroatoms. The lowest BCUT2D eigenvalue weighted by atomic mass is 10.2. The lowest BCUT2D eigenvalue weighted by Crippen LogP contribution is -2.37. The number of nitrogens with zero attached hydrogens (tertiary/aromatic N) is 3. The number of rotatable bonds is 5. The van der Waals surface area contributed by atoms with Gasteiger partial charge >= 0.3 is 0 Å². The molecule has 0 N–H and O–H groups in total. The van der Waals surface area contributed by atoms with Crippen molar-refractivity contribution in [2.75, 3.05) is 25.2 Å². The zero-order chi connectivity index (χ0) is 18.1. The molecule has 0 aliphatic carbocycles. The fourth-order valence-electron chi connectivity index (χ4n) is 2.98. The highest BCUT2D eigenvalue weighted by Crippen LogP contribution is 2.33. The number of methoxy groups -OCH3 is 1. The van der Waals surface area contributed by atoms with Crippen molar-refractivity contribution >= 4 is 32.6 Å². The molecule has 3 heterocycles. The second-order valence-corrected chi connectivity index (χ2v) is 7.21. The van der Waals surface area contributed by atoms with Gasteiger partial charge in [-0.1, -0.05) is 16.5 Å². The van der Waals surface area contributed by atoms with Crippen LogP contribution in [-0.2, 0) is 4.74 Å². The van der Waals surface area contributed by atoms with Gasteiger partial charge in [0.25, 0.3) is 5.91 Å². The van der Waals surface area contributed by atoms with Gasteiger partial charge in [0.1, 0.15) is 11.5 Å². The van der Waals surface area contributed by atoms with E-state index in [-0.39, 0.29) is 17.7 Å². The van der Waals surface area contributed by atoms with Crippen LogP contribution in [0.5, 0.6) is 5.75 Å². The third kappa shape index (κ3) is 3.30. The molecule has 4 rings (SSSR count). The van der Waals surface area contributed by atoms with Crippen LogP contribution in [0.3, 0.4) is 0 Å². The maximum absolute atomic E-state index is 13.0. The zero-order valence-corrected chi connectivity index (χ0v) is 15.4.